The van der Waals surface area contributed by atoms with Crippen molar-refractivity contribution in [2.75, 3.05) is 0 Å². The second kappa shape index (κ2) is 4.50. The summed E-state index contributed by atoms with van der Waals surface area (Å²) in [7, 11) is 0. The molecule has 2 aromatic rings. The molecule has 18 heavy (non-hydrogen) atoms. The molecule has 0 amide bonds. The van der Waals surface area contributed by atoms with E-state index >= 15 is 0 Å². The second-order valence-corrected chi connectivity index (χ2v) is 5.03. The lowest BCUT2D eigenvalue weighted by atomic mass is 10.0. The normalized spacial score (nSPS) is 23.7. The van der Waals surface area contributed by atoms with Crippen LogP contribution in [0, 0.1) is 12.8 Å². The Morgan fingerprint density at radius 3 is 2.61 bits per heavy atom. The molecule has 0 bridgehead atoms. The average molecular weight is 239 g/mol. The summed E-state index contributed by atoms with van der Waals surface area (Å²) < 4.78 is 0. The largest absolute Gasteiger partial charge is 0.322 e. The first kappa shape index (κ1) is 11.4. The van der Waals surface area contributed by atoms with Crippen molar-refractivity contribution >= 4 is 0 Å². The van der Waals surface area contributed by atoms with E-state index in [1.807, 2.05) is 13.0 Å². The number of nitrogens with two attached hydrogens (primary N) is 1. The maximum absolute atomic E-state index is 6.28. The van der Waals surface area contributed by atoms with Crippen LogP contribution in [0.5, 0.6) is 0 Å². The molecule has 1 aliphatic carbocycles. The third-order valence-electron chi connectivity index (χ3n) is 3.67. The molecule has 3 atom stereocenters. The molecule has 1 aliphatic rings. The molecular formula is C15H17N3. The van der Waals surface area contributed by atoms with Crippen LogP contribution in [-0.2, 0) is 0 Å². The Morgan fingerprint density at radius 1 is 1.17 bits per heavy atom. The predicted octanol–water partition coefficient (Wildman–Crippen LogP) is 2.59. The summed E-state index contributed by atoms with van der Waals surface area (Å²) >= 11 is 0. The van der Waals surface area contributed by atoms with Crippen LogP contribution in [0.1, 0.15) is 35.3 Å². The number of benzene rings is 1. The maximum Gasteiger partial charge on any atom is 0.0757 e. The van der Waals surface area contributed by atoms with Crippen molar-refractivity contribution in [3.05, 3.63) is 59.7 Å². The third-order valence-corrected chi connectivity index (χ3v) is 3.67. The van der Waals surface area contributed by atoms with E-state index in [1.165, 1.54) is 5.56 Å². The summed E-state index contributed by atoms with van der Waals surface area (Å²) in [4.78, 5) is 8.65. The quantitative estimate of drug-likeness (QED) is 0.895. The SMILES string of the molecule is Cc1cnc(C(N)C2CC2c2ccccc2)cn1. The lowest BCUT2D eigenvalue weighted by molar-refractivity contribution is 0.595. The van der Waals surface area contributed by atoms with Gasteiger partial charge in [0, 0.05) is 6.20 Å². The first-order chi connectivity index (χ1) is 8.75. The van der Waals surface area contributed by atoms with Gasteiger partial charge in [0.05, 0.1) is 23.6 Å². The molecule has 1 heterocycles. The minimum atomic E-state index is 0.00306. The van der Waals surface area contributed by atoms with Gasteiger partial charge in [0.25, 0.3) is 0 Å². The fourth-order valence-electron chi connectivity index (χ4n) is 2.49. The lowest BCUT2D eigenvalue weighted by Crippen LogP contribution is -2.15. The van der Waals surface area contributed by atoms with Crippen LogP contribution < -0.4 is 5.73 Å². The van der Waals surface area contributed by atoms with Gasteiger partial charge >= 0.3 is 0 Å². The first-order valence-corrected chi connectivity index (χ1v) is 6.35. The Hall–Kier alpha value is -1.74. The van der Waals surface area contributed by atoms with Crippen molar-refractivity contribution in [2.24, 2.45) is 11.7 Å². The Balaban J connectivity index is 1.73. The molecule has 3 unspecified atom stereocenters. The highest BCUT2D eigenvalue weighted by molar-refractivity contribution is 5.28. The van der Waals surface area contributed by atoms with E-state index in [-0.39, 0.29) is 6.04 Å². The van der Waals surface area contributed by atoms with Crippen LogP contribution >= 0.6 is 0 Å². The Morgan fingerprint density at radius 2 is 1.94 bits per heavy atom. The smallest absolute Gasteiger partial charge is 0.0757 e. The van der Waals surface area contributed by atoms with Crippen molar-refractivity contribution in [1.29, 1.82) is 0 Å². The molecule has 3 nitrogen and oxygen atoms in total. The van der Waals surface area contributed by atoms with Gasteiger partial charge in [-0.05, 0) is 30.7 Å². The number of hydrogen-bond donors (Lipinski definition) is 1. The minimum absolute atomic E-state index is 0.00306. The summed E-state index contributed by atoms with van der Waals surface area (Å²) in [5.74, 6) is 1.09. The molecule has 0 radical (unpaired) electrons. The van der Waals surface area contributed by atoms with Gasteiger partial charge in [0.2, 0.25) is 0 Å². The van der Waals surface area contributed by atoms with Crippen LogP contribution in [0.25, 0.3) is 0 Å². The van der Waals surface area contributed by atoms with Crippen LogP contribution in [-0.4, -0.2) is 9.97 Å². The minimum Gasteiger partial charge on any atom is -0.322 e. The number of aromatic nitrogens is 2. The fourth-order valence-corrected chi connectivity index (χ4v) is 2.49. The van der Waals surface area contributed by atoms with E-state index in [0.717, 1.165) is 17.8 Å². The van der Waals surface area contributed by atoms with E-state index in [1.54, 1.807) is 12.4 Å². The highest BCUT2D eigenvalue weighted by Crippen LogP contribution is 2.52. The zero-order valence-electron chi connectivity index (χ0n) is 10.5. The Labute approximate surface area is 107 Å². The standard InChI is InChI=1S/C15H17N3/c1-10-8-18-14(9-17-10)15(16)13-7-12(13)11-5-3-2-4-6-11/h2-6,8-9,12-13,15H,7,16H2,1H3. The molecule has 0 saturated heterocycles. The number of aryl methyl sites for hydroxylation is 1. The summed E-state index contributed by atoms with van der Waals surface area (Å²) in [6, 6.07) is 10.6. The van der Waals surface area contributed by atoms with Gasteiger partial charge in [-0.3, -0.25) is 9.97 Å². The molecule has 92 valence electrons. The number of rotatable bonds is 3. The third kappa shape index (κ3) is 2.14. The van der Waals surface area contributed by atoms with Crippen LogP contribution in [0.2, 0.25) is 0 Å². The molecular weight excluding hydrogens is 222 g/mol. The Bertz CT molecular complexity index is 521. The van der Waals surface area contributed by atoms with E-state index < -0.39 is 0 Å². The summed E-state index contributed by atoms with van der Waals surface area (Å²) in [6.45, 7) is 1.94. The number of hydrogen-bond acceptors (Lipinski definition) is 3. The van der Waals surface area contributed by atoms with Gasteiger partial charge in [-0.15, -0.1) is 0 Å². The zero-order chi connectivity index (χ0) is 12.5. The van der Waals surface area contributed by atoms with Crippen molar-refractivity contribution in [3.63, 3.8) is 0 Å². The van der Waals surface area contributed by atoms with Crippen LogP contribution in [0.15, 0.2) is 42.7 Å². The van der Waals surface area contributed by atoms with Gasteiger partial charge in [-0.2, -0.15) is 0 Å². The maximum atomic E-state index is 6.28. The second-order valence-electron chi connectivity index (χ2n) is 5.03. The summed E-state index contributed by atoms with van der Waals surface area (Å²) in [6.07, 6.45) is 4.75. The van der Waals surface area contributed by atoms with Gasteiger partial charge < -0.3 is 5.73 Å². The van der Waals surface area contributed by atoms with Gasteiger partial charge in [-0.1, -0.05) is 30.3 Å². The topological polar surface area (TPSA) is 51.8 Å². The molecule has 0 spiro atoms. The molecule has 1 aromatic carbocycles. The van der Waals surface area contributed by atoms with Crippen LogP contribution in [0.3, 0.4) is 0 Å². The van der Waals surface area contributed by atoms with Gasteiger partial charge in [0.15, 0.2) is 0 Å². The monoisotopic (exact) mass is 239 g/mol. The van der Waals surface area contributed by atoms with Crippen molar-refractivity contribution in [2.45, 2.75) is 25.3 Å². The lowest BCUT2D eigenvalue weighted by Gasteiger charge is -2.10. The van der Waals surface area contributed by atoms with E-state index in [0.29, 0.717) is 11.8 Å². The average Bonchev–Trinajstić information content (AvgIpc) is 3.20. The molecule has 0 aliphatic heterocycles. The van der Waals surface area contributed by atoms with Crippen molar-refractivity contribution in [3.8, 4) is 0 Å². The zero-order valence-corrected chi connectivity index (χ0v) is 10.5. The molecule has 1 aromatic heterocycles. The first-order valence-electron chi connectivity index (χ1n) is 6.35. The van der Waals surface area contributed by atoms with Crippen molar-refractivity contribution < 1.29 is 0 Å². The van der Waals surface area contributed by atoms with E-state index in [4.69, 9.17) is 5.73 Å². The Kier molecular flexibility index (Phi) is 2.84. The summed E-state index contributed by atoms with van der Waals surface area (Å²) in [5.41, 5.74) is 9.50. The van der Waals surface area contributed by atoms with Gasteiger partial charge in [0.1, 0.15) is 0 Å². The van der Waals surface area contributed by atoms with E-state index in [9.17, 15) is 0 Å². The van der Waals surface area contributed by atoms with E-state index in [2.05, 4.69) is 34.2 Å². The molecule has 3 heteroatoms. The molecule has 3 rings (SSSR count). The van der Waals surface area contributed by atoms with Gasteiger partial charge in [-0.25, -0.2) is 0 Å². The van der Waals surface area contributed by atoms with Crippen LogP contribution in [0.4, 0.5) is 0 Å². The van der Waals surface area contributed by atoms with Crippen molar-refractivity contribution in [1.82, 2.24) is 9.97 Å². The highest BCUT2D eigenvalue weighted by atomic mass is 14.8. The summed E-state index contributed by atoms with van der Waals surface area (Å²) in [5, 5.41) is 0. The molecule has 1 saturated carbocycles. The highest BCUT2D eigenvalue weighted by Gasteiger charge is 2.43. The number of nitrogens with zero attached hydrogens (tertiary/aromatic N) is 2. The fraction of sp³-hybridized carbons (Fsp3) is 0.333. The molecule has 2 N–H and O–H groups in total. The molecule has 1 fully saturated rings. The predicted molar refractivity (Wildman–Crippen MR) is 71.0 cm³/mol.